The lowest BCUT2D eigenvalue weighted by molar-refractivity contribution is 0.430. The van der Waals surface area contributed by atoms with E-state index >= 15 is 0 Å². The van der Waals surface area contributed by atoms with Crippen molar-refractivity contribution in [3.63, 3.8) is 0 Å². The second-order valence-electron chi connectivity index (χ2n) is 4.06. The number of halogens is 1. The molecule has 0 spiro atoms. The monoisotopic (exact) mass is 345 g/mol. The van der Waals surface area contributed by atoms with E-state index in [1.807, 2.05) is 0 Å². The van der Waals surface area contributed by atoms with Crippen molar-refractivity contribution in [1.82, 2.24) is 5.16 Å². The van der Waals surface area contributed by atoms with Crippen molar-refractivity contribution in [2.45, 2.75) is 18.7 Å². The SMILES string of the molecule is Cc1cc(NS(=O)(=O)c2cc(Br)cc(N)c2C)on1. The molecule has 0 saturated carbocycles. The highest BCUT2D eigenvalue weighted by atomic mass is 79.9. The Morgan fingerprint density at radius 2 is 2.00 bits per heavy atom. The highest BCUT2D eigenvalue weighted by Gasteiger charge is 2.20. The van der Waals surface area contributed by atoms with E-state index in [-0.39, 0.29) is 10.8 Å². The quantitative estimate of drug-likeness (QED) is 0.832. The summed E-state index contributed by atoms with van der Waals surface area (Å²) in [7, 11) is -3.77. The van der Waals surface area contributed by atoms with Crippen LogP contribution < -0.4 is 10.5 Å². The first-order chi connectivity index (χ1) is 8.79. The van der Waals surface area contributed by atoms with Crippen LogP contribution in [0.2, 0.25) is 0 Å². The summed E-state index contributed by atoms with van der Waals surface area (Å²) in [5.74, 6) is 0.0652. The number of benzene rings is 1. The molecule has 0 saturated heterocycles. The first-order valence-corrected chi connectivity index (χ1v) is 7.59. The van der Waals surface area contributed by atoms with Gasteiger partial charge in [0.15, 0.2) is 0 Å². The molecule has 0 aliphatic carbocycles. The Morgan fingerprint density at radius 3 is 2.58 bits per heavy atom. The van der Waals surface area contributed by atoms with E-state index < -0.39 is 10.0 Å². The van der Waals surface area contributed by atoms with E-state index in [2.05, 4.69) is 25.8 Å². The van der Waals surface area contributed by atoms with Crippen molar-refractivity contribution < 1.29 is 12.9 Å². The summed E-state index contributed by atoms with van der Waals surface area (Å²) >= 11 is 3.22. The van der Waals surface area contributed by atoms with Gasteiger partial charge in [0, 0.05) is 16.2 Å². The van der Waals surface area contributed by atoms with Gasteiger partial charge in [0.05, 0.1) is 10.6 Å². The summed E-state index contributed by atoms with van der Waals surface area (Å²) in [5, 5.41) is 3.62. The first-order valence-electron chi connectivity index (χ1n) is 5.31. The molecule has 0 atom stereocenters. The molecule has 3 N–H and O–H groups in total. The number of nitrogens with zero attached hydrogens (tertiary/aromatic N) is 1. The van der Waals surface area contributed by atoms with Crippen LogP contribution in [0.3, 0.4) is 0 Å². The minimum Gasteiger partial charge on any atom is -0.398 e. The molecule has 0 fully saturated rings. The van der Waals surface area contributed by atoms with Gasteiger partial charge in [0.2, 0.25) is 5.88 Å². The Hall–Kier alpha value is -1.54. The molecule has 1 heterocycles. The molecule has 1 aromatic carbocycles. The van der Waals surface area contributed by atoms with Crippen LogP contribution in [0.1, 0.15) is 11.3 Å². The molecule has 102 valence electrons. The van der Waals surface area contributed by atoms with Crippen molar-refractivity contribution in [2.75, 3.05) is 10.5 Å². The maximum Gasteiger partial charge on any atom is 0.264 e. The van der Waals surface area contributed by atoms with Crippen LogP contribution in [0.5, 0.6) is 0 Å². The summed E-state index contributed by atoms with van der Waals surface area (Å²) in [6, 6.07) is 4.62. The topological polar surface area (TPSA) is 98.2 Å². The van der Waals surface area contributed by atoms with Gasteiger partial charge in [-0.15, -0.1) is 0 Å². The molecule has 0 amide bonds. The summed E-state index contributed by atoms with van der Waals surface area (Å²) in [6.45, 7) is 3.34. The molecule has 0 radical (unpaired) electrons. The van der Waals surface area contributed by atoms with Gasteiger partial charge in [-0.1, -0.05) is 21.1 Å². The second kappa shape index (κ2) is 4.86. The Morgan fingerprint density at radius 1 is 1.32 bits per heavy atom. The highest BCUT2D eigenvalue weighted by Crippen LogP contribution is 2.27. The van der Waals surface area contributed by atoms with Crippen LogP contribution in [0, 0.1) is 13.8 Å². The fourth-order valence-corrected chi connectivity index (χ4v) is 3.45. The zero-order valence-corrected chi connectivity index (χ0v) is 12.7. The van der Waals surface area contributed by atoms with E-state index in [1.165, 1.54) is 12.1 Å². The highest BCUT2D eigenvalue weighted by molar-refractivity contribution is 9.10. The number of anilines is 2. The number of aromatic nitrogens is 1. The van der Waals surface area contributed by atoms with E-state index in [0.717, 1.165) is 0 Å². The number of rotatable bonds is 3. The molecule has 0 aliphatic heterocycles. The Labute approximate surface area is 119 Å². The fourth-order valence-electron chi connectivity index (χ4n) is 1.55. The van der Waals surface area contributed by atoms with Gasteiger partial charge in [-0.05, 0) is 31.5 Å². The molecule has 0 aliphatic rings. The van der Waals surface area contributed by atoms with Crippen molar-refractivity contribution >= 4 is 37.5 Å². The number of hydrogen-bond acceptors (Lipinski definition) is 5. The molecule has 2 rings (SSSR count). The third kappa shape index (κ3) is 2.90. The zero-order chi connectivity index (χ0) is 14.2. The molecule has 6 nitrogen and oxygen atoms in total. The van der Waals surface area contributed by atoms with E-state index in [0.29, 0.717) is 21.4 Å². The number of nitrogen functional groups attached to an aromatic ring is 1. The third-order valence-electron chi connectivity index (χ3n) is 2.52. The lowest BCUT2D eigenvalue weighted by atomic mass is 10.2. The molecule has 19 heavy (non-hydrogen) atoms. The van der Waals surface area contributed by atoms with E-state index in [1.54, 1.807) is 19.9 Å². The summed E-state index contributed by atoms with van der Waals surface area (Å²) in [5.41, 5.74) is 7.21. The van der Waals surface area contributed by atoms with Crippen molar-refractivity contribution in [2.24, 2.45) is 0 Å². The summed E-state index contributed by atoms with van der Waals surface area (Å²) in [6.07, 6.45) is 0. The standard InChI is InChI=1S/C11H12BrN3O3S/c1-6-3-11(18-14-6)15-19(16,17)10-5-8(12)4-9(13)7(10)2/h3-5,15H,13H2,1-2H3. The minimum absolute atomic E-state index is 0.0652. The number of sulfonamides is 1. The molecule has 0 unspecified atom stereocenters. The zero-order valence-electron chi connectivity index (χ0n) is 10.3. The van der Waals surface area contributed by atoms with Crippen LogP contribution in [0.15, 0.2) is 32.1 Å². The number of aryl methyl sites for hydroxylation is 1. The van der Waals surface area contributed by atoms with Crippen LogP contribution in [0.25, 0.3) is 0 Å². The summed E-state index contributed by atoms with van der Waals surface area (Å²) < 4.78 is 32.3. The van der Waals surface area contributed by atoms with Crippen LogP contribution in [0.4, 0.5) is 11.6 Å². The average molecular weight is 346 g/mol. The lowest BCUT2D eigenvalue weighted by Crippen LogP contribution is -2.14. The van der Waals surface area contributed by atoms with Gasteiger partial charge in [-0.2, -0.15) is 0 Å². The maximum absolute atomic E-state index is 12.3. The Balaban J connectivity index is 2.45. The van der Waals surface area contributed by atoms with Gasteiger partial charge >= 0.3 is 0 Å². The van der Waals surface area contributed by atoms with Crippen LogP contribution >= 0.6 is 15.9 Å². The lowest BCUT2D eigenvalue weighted by Gasteiger charge is -2.10. The largest absolute Gasteiger partial charge is 0.398 e. The van der Waals surface area contributed by atoms with Crippen LogP contribution in [-0.4, -0.2) is 13.6 Å². The molecule has 2 aromatic rings. The van der Waals surface area contributed by atoms with Gasteiger partial charge in [0.25, 0.3) is 10.0 Å². The van der Waals surface area contributed by atoms with Crippen LogP contribution in [-0.2, 0) is 10.0 Å². The Kier molecular flexibility index (Phi) is 3.55. The number of hydrogen-bond donors (Lipinski definition) is 2. The van der Waals surface area contributed by atoms with Gasteiger partial charge in [0.1, 0.15) is 0 Å². The third-order valence-corrected chi connectivity index (χ3v) is 4.45. The van der Waals surface area contributed by atoms with Crippen molar-refractivity contribution in [3.8, 4) is 0 Å². The molecular formula is C11H12BrN3O3S. The number of nitrogens with two attached hydrogens (primary N) is 1. The molecular weight excluding hydrogens is 334 g/mol. The van der Waals surface area contributed by atoms with E-state index in [4.69, 9.17) is 10.3 Å². The molecule has 0 bridgehead atoms. The van der Waals surface area contributed by atoms with Gasteiger partial charge < -0.3 is 10.3 Å². The van der Waals surface area contributed by atoms with Gasteiger partial charge in [-0.25, -0.2) is 13.1 Å². The fraction of sp³-hybridized carbons (Fsp3) is 0.182. The van der Waals surface area contributed by atoms with E-state index in [9.17, 15) is 8.42 Å². The Bertz CT molecular complexity index is 725. The predicted molar refractivity (Wildman–Crippen MR) is 75.3 cm³/mol. The second-order valence-corrected chi connectivity index (χ2v) is 6.62. The van der Waals surface area contributed by atoms with Crippen molar-refractivity contribution in [1.29, 1.82) is 0 Å². The maximum atomic E-state index is 12.3. The summed E-state index contributed by atoms with van der Waals surface area (Å²) in [4.78, 5) is 0.0911. The molecule has 1 aromatic heterocycles. The van der Waals surface area contributed by atoms with Gasteiger partial charge in [-0.3, -0.25) is 0 Å². The average Bonchev–Trinajstić information content (AvgIpc) is 2.68. The minimum atomic E-state index is -3.77. The smallest absolute Gasteiger partial charge is 0.264 e. The first kappa shape index (κ1) is 13.9. The molecule has 8 heteroatoms. The number of nitrogens with one attached hydrogen (secondary N) is 1. The normalized spacial score (nSPS) is 11.5. The predicted octanol–water partition coefficient (Wildman–Crippen LogP) is 2.44. The van der Waals surface area contributed by atoms with Crippen molar-refractivity contribution in [3.05, 3.63) is 33.9 Å².